The number of fused-ring (bicyclic) bond motifs is 1. The number of benzene rings is 1. The van der Waals surface area contributed by atoms with Gasteiger partial charge in [0.05, 0.1) is 13.2 Å². The molecule has 9 nitrogen and oxygen atoms in total. The summed E-state index contributed by atoms with van der Waals surface area (Å²) in [6.07, 6.45) is 2.71. The SMILES string of the molecule is COc1cccc2[nH]c(C(=O)N3CC(C)(C)CC[C@H]3C(=O)N[C@H](C#N)C[C@@H]3CCCNC3O)cc12. The molecule has 1 aromatic heterocycles. The molecule has 4 rings (SSSR count). The van der Waals surface area contributed by atoms with Crippen LogP contribution in [0.3, 0.4) is 0 Å². The Labute approximate surface area is 205 Å². The maximum absolute atomic E-state index is 13.7. The van der Waals surface area contributed by atoms with Gasteiger partial charge in [0.15, 0.2) is 0 Å². The Hall–Kier alpha value is -3.09. The normalized spacial score (nSPS) is 25.0. The number of aromatic amines is 1. The first-order chi connectivity index (χ1) is 16.7. The molecule has 4 atom stereocenters. The van der Waals surface area contributed by atoms with Crippen molar-refractivity contribution >= 4 is 22.7 Å². The first kappa shape index (κ1) is 25.0. The molecule has 4 N–H and O–H groups in total. The number of carbonyl (C=O) groups excluding carboxylic acids is 2. The quantitative estimate of drug-likeness (QED) is 0.502. The van der Waals surface area contributed by atoms with Crippen LogP contribution in [0.2, 0.25) is 0 Å². The molecule has 188 valence electrons. The minimum Gasteiger partial charge on any atom is -0.496 e. The summed E-state index contributed by atoms with van der Waals surface area (Å²) in [5.74, 6) is -0.00990. The summed E-state index contributed by atoms with van der Waals surface area (Å²) in [5.41, 5.74) is 1.05. The van der Waals surface area contributed by atoms with Crippen LogP contribution in [0.5, 0.6) is 5.75 Å². The fourth-order valence-corrected chi connectivity index (χ4v) is 5.30. The van der Waals surface area contributed by atoms with Gasteiger partial charge in [-0.3, -0.25) is 14.9 Å². The highest BCUT2D eigenvalue weighted by Gasteiger charge is 2.41. The first-order valence-electron chi connectivity index (χ1n) is 12.3. The van der Waals surface area contributed by atoms with E-state index in [0.29, 0.717) is 30.8 Å². The molecule has 0 saturated carbocycles. The monoisotopic (exact) mass is 481 g/mol. The number of rotatable bonds is 6. The predicted octanol–water partition coefficient (Wildman–Crippen LogP) is 2.52. The molecule has 1 aromatic carbocycles. The zero-order valence-electron chi connectivity index (χ0n) is 20.6. The smallest absolute Gasteiger partial charge is 0.271 e. The third-order valence-corrected chi connectivity index (χ3v) is 7.27. The van der Waals surface area contributed by atoms with E-state index in [1.165, 1.54) is 0 Å². The van der Waals surface area contributed by atoms with Crippen molar-refractivity contribution in [3.05, 3.63) is 30.0 Å². The van der Waals surface area contributed by atoms with Crippen molar-refractivity contribution in [1.82, 2.24) is 20.5 Å². The van der Waals surface area contributed by atoms with Gasteiger partial charge in [0, 0.05) is 23.4 Å². The van der Waals surface area contributed by atoms with Crippen molar-refractivity contribution in [2.45, 2.75) is 64.3 Å². The van der Waals surface area contributed by atoms with Crippen LogP contribution in [0.15, 0.2) is 24.3 Å². The highest BCUT2D eigenvalue weighted by Crippen LogP contribution is 2.34. The number of H-pyrrole nitrogens is 1. The fourth-order valence-electron chi connectivity index (χ4n) is 5.30. The molecule has 0 spiro atoms. The summed E-state index contributed by atoms with van der Waals surface area (Å²) in [6.45, 7) is 5.35. The number of nitrogens with zero attached hydrogens (tertiary/aromatic N) is 2. The maximum Gasteiger partial charge on any atom is 0.271 e. The molecule has 35 heavy (non-hydrogen) atoms. The number of aliphatic hydroxyl groups is 1. The number of hydrogen-bond acceptors (Lipinski definition) is 6. The van der Waals surface area contributed by atoms with E-state index in [0.717, 1.165) is 36.7 Å². The molecule has 3 heterocycles. The van der Waals surface area contributed by atoms with Crippen molar-refractivity contribution in [1.29, 1.82) is 5.26 Å². The molecule has 2 aliphatic heterocycles. The molecule has 2 saturated heterocycles. The van der Waals surface area contributed by atoms with Crippen LogP contribution >= 0.6 is 0 Å². The summed E-state index contributed by atoms with van der Waals surface area (Å²) >= 11 is 0. The summed E-state index contributed by atoms with van der Waals surface area (Å²) in [7, 11) is 1.59. The van der Waals surface area contributed by atoms with E-state index in [2.05, 4.69) is 35.5 Å². The van der Waals surface area contributed by atoms with Crippen molar-refractivity contribution in [3.63, 3.8) is 0 Å². The van der Waals surface area contributed by atoms with Gasteiger partial charge in [-0.2, -0.15) is 5.26 Å². The summed E-state index contributed by atoms with van der Waals surface area (Å²) < 4.78 is 5.42. The van der Waals surface area contributed by atoms with E-state index in [4.69, 9.17) is 4.74 Å². The summed E-state index contributed by atoms with van der Waals surface area (Å²) in [6, 6.07) is 8.10. The van der Waals surface area contributed by atoms with Gasteiger partial charge in [-0.05, 0) is 62.3 Å². The summed E-state index contributed by atoms with van der Waals surface area (Å²) in [4.78, 5) is 31.8. The lowest BCUT2D eigenvalue weighted by molar-refractivity contribution is -0.128. The fraction of sp³-hybridized carbons (Fsp3) is 0.577. The lowest BCUT2D eigenvalue weighted by Crippen LogP contribution is -2.57. The van der Waals surface area contributed by atoms with Gasteiger partial charge in [0.2, 0.25) is 5.91 Å². The number of aromatic nitrogens is 1. The third kappa shape index (κ3) is 5.44. The van der Waals surface area contributed by atoms with Gasteiger partial charge in [0.1, 0.15) is 29.8 Å². The molecule has 1 unspecified atom stereocenters. The van der Waals surface area contributed by atoms with Crippen LogP contribution in [0.1, 0.15) is 56.4 Å². The molecule has 2 amide bonds. The van der Waals surface area contributed by atoms with Crippen LogP contribution in [-0.4, -0.2) is 65.3 Å². The number of nitriles is 1. The largest absolute Gasteiger partial charge is 0.496 e. The molecule has 2 fully saturated rings. The Balaban J connectivity index is 1.53. The van der Waals surface area contributed by atoms with Crippen LogP contribution in [0.4, 0.5) is 0 Å². The van der Waals surface area contributed by atoms with Crippen molar-refractivity contribution < 1.29 is 19.4 Å². The van der Waals surface area contributed by atoms with Gasteiger partial charge in [-0.15, -0.1) is 0 Å². The maximum atomic E-state index is 13.7. The highest BCUT2D eigenvalue weighted by molar-refractivity contribution is 6.01. The number of carbonyl (C=O) groups is 2. The van der Waals surface area contributed by atoms with E-state index < -0.39 is 18.3 Å². The average Bonchev–Trinajstić information content (AvgIpc) is 3.28. The van der Waals surface area contributed by atoms with E-state index in [1.807, 2.05) is 18.2 Å². The average molecular weight is 482 g/mol. The van der Waals surface area contributed by atoms with Crippen LogP contribution in [-0.2, 0) is 4.79 Å². The van der Waals surface area contributed by atoms with Gasteiger partial charge < -0.3 is 25.0 Å². The topological polar surface area (TPSA) is 130 Å². The molecular formula is C26H35N5O4. The minimum absolute atomic E-state index is 0.0990. The number of amides is 2. The van der Waals surface area contributed by atoms with Crippen molar-refractivity contribution in [3.8, 4) is 11.8 Å². The standard InChI is InChI=1S/C26H35N5O4/c1-26(2)10-9-21(24(33)29-17(14-27)12-16-6-5-11-28-23(16)32)31(15-26)25(34)20-13-18-19(30-20)7-4-8-22(18)35-3/h4,7-8,13,16-17,21,23,28,30,32H,5-6,9-12,15H2,1-3H3,(H,29,33)/t16-,17-,21-,23?/m0/s1. The van der Waals surface area contributed by atoms with E-state index in [1.54, 1.807) is 18.1 Å². The molecule has 0 aliphatic carbocycles. The predicted molar refractivity (Wildman–Crippen MR) is 132 cm³/mol. The number of likely N-dealkylation sites (tertiary alicyclic amines) is 1. The second-order valence-electron chi connectivity index (χ2n) is 10.5. The number of ether oxygens (including phenoxy) is 1. The Morgan fingerprint density at radius 3 is 2.89 bits per heavy atom. The van der Waals surface area contributed by atoms with Crippen LogP contribution in [0, 0.1) is 22.7 Å². The number of hydrogen-bond donors (Lipinski definition) is 4. The van der Waals surface area contributed by atoms with E-state index >= 15 is 0 Å². The zero-order valence-corrected chi connectivity index (χ0v) is 20.6. The number of piperidine rings is 2. The zero-order chi connectivity index (χ0) is 25.2. The second-order valence-corrected chi connectivity index (χ2v) is 10.5. The third-order valence-electron chi connectivity index (χ3n) is 7.27. The molecule has 0 bridgehead atoms. The lowest BCUT2D eigenvalue weighted by atomic mass is 9.80. The number of nitrogens with one attached hydrogen (secondary N) is 3. The van der Waals surface area contributed by atoms with Gasteiger partial charge >= 0.3 is 0 Å². The van der Waals surface area contributed by atoms with E-state index in [-0.39, 0.29) is 23.1 Å². The van der Waals surface area contributed by atoms with Crippen molar-refractivity contribution in [2.75, 3.05) is 20.2 Å². The van der Waals surface area contributed by atoms with Gasteiger partial charge in [-0.25, -0.2) is 0 Å². The first-order valence-corrected chi connectivity index (χ1v) is 12.3. The summed E-state index contributed by atoms with van der Waals surface area (Å²) in [5, 5.41) is 26.6. The highest BCUT2D eigenvalue weighted by atomic mass is 16.5. The lowest BCUT2D eigenvalue weighted by Gasteiger charge is -2.43. The molecule has 9 heteroatoms. The second kappa shape index (κ2) is 10.3. The molecule has 2 aromatic rings. The number of methoxy groups -OCH3 is 1. The molecule has 2 aliphatic rings. The Bertz CT molecular complexity index is 1120. The van der Waals surface area contributed by atoms with E-state index in [9.17, 15) is 20.0 Å². The Morgan fingerprint density at radius 2 is 2.17 bits per heavy atom. The number of aliphatic hydroxyl groups excluding tert-OH is 1. The van der Waals surface area contributed by atoms with Gasteiger partial charge in [0.25, 0.3) is 5.91 Å². The molecular weight excluding hydrogens is 446 g/mol. The molecule has 0 radical (unpaired) electrons. The van der Waals surface area contributed by atoms with Crippen LogP contribution < -0.4 is 15.4 Å². The van der Waals surface area contributed by atoms with Crippen LogP contribution in [0.25, 0.3) is 10.9 Å². The van der Waals surface area contributed by atoms with Crippen molar-refractivity contribution in [2.24, 2.45) is 11.3 Å². The minimum atomic E-state index is -0.730. The van der Waals surface area contributed by atoms with Gasteiger partial charge in [-0.1, -0.05) is 19.9 Å². The Morgan fingerprint density at radius 1 is 1.37 bits per heavy atom. The Kier molecular flexibility index (Phi) is 7.33.